The van der Waals surface area contributed by atoms with E-state index in [2.05, 4.69) is 16.9 Å². The minimum Gasteiger partial charge on any atom is -0.326 e. The van der Waals surface area contributed by atoms with Crippen molar-refractivity contribution in [1.82, 2.24) is 9.88 Å². The Labute approximate surface area is 90.1 Å². The number of hydrogen-bond donors (Lipinski definition) is 1. The number of likely N-dealkylation sites (tertiary alicyclic amines) is 1. The van der Waals surface area contributed by atoms with Crippen LogP contribution in [0.3, 0.4) is 0 Å². The van der Waals surface area contributed by atoms with E-state index in [1.165, 1.54) is 24.8 Å². The third-order valence-electron chi connectivity index (χ3n) is 3.29. The molecular weight excluding hydrogens is 188 g/mol. The first-order valence-electron chi connectivity index (χ1n) is 5.58. The molecule has 1 saturated heterocycles. The van der Waals surface area contributed by atoms with Gasteiger partial charge in [0, 0.05) is 17.8 Å². The fraction of sp³-hybridized carbons (Fsp3) is 0.583. The lowest BCUT2D eigenvalue weighted by Gasteiger charge is -2.33. The molecule has 0 amide bonds. The maximum Gasteiger partial charge on any atom is 0.248 e. The molecule has 1 fully saturated rings. The highest BCUT2D eigenvalue weighted by molar-refractivity contribution is 5.22. The summed E-state index contributed by atoms with van der Waals surface area (Å²) < 4.78 is 0. The number of piperidine rings is 1. The topological polar surface area (TPSA) is 36.1 Å². The van der Waals surface area contributed by atoms with Crippen LogP contribution >= 0.6 is 0 Å². The third kappa shape index (κ3) is 2.12. The van der Waals surface area contributed by atoms with Crippen LogP contribution in [-0.2, 0) is 0 Å². The molecule has 1 aromatic rings. The second-order valence-electron chi connectivity index (χ2n) is 4.40. The smallest absolute Gasteiger partial charge is 0.248 e. The van der Waals surface area contributed by atoms with Crippen LogP contribution in [0.4, 0.5) is 0 Å². The first-order valence-corrected chi connectivity index (χ1v) is 5.58. The molecule has 0 unspecified atom stereocenters. The number of pyridine rings is 1. The molecule has 0 bridgehead atoms. The maximum atomic E-state index is 11.1. The quantitative estimate of drug-likeness (QED) is 0.761. The number of H-pyrrole nitrogens is 1. The van der Waals surface area contributed by atoms with Crippen molar-refractivity contribution in [3.63, 3.8) is 0 Å². The van der Waals surface area contributed by atoms with Crippen LogP contribution in [0.5, 0.6) is 0 Å². The second kappa shape index (κ2) is 4.19. The standard InChI is InChI=1S/C12H18N2O/c1-9-10(6-7-12(15)13-9)11-5-3-4-8-14(11)2/h6-7,11H,3-5,8H2,1-2H3,(H,13,15)/t11-/m0/s1. The largest absolute Gasteiger partial charge is 0.326 e. The fourth-order valence-electron chi connectivity index (χ4n) is 2.42. The van der Waals surface area contributed by atoms with Gasteiger partial charge in [-0.25, -0.2) is 0 Å². The molecule has 1 aliphatic rings. The molecular formula is C12H18N2O. The van der Waals surface area contributed by atoms with Crippen LogP contribution in [0.25, 0.3) is 0 Å². The first kappa shape index (κ1) is 10.4. The van der Waals surface area contributed by atoms with Gasteiger partial charge in [0.05, 0.1) is 0 Å². The Bertz CT molecular complexity index is 397. The second-order valence-corrected chi connectivity index (χ2v) is 4.40. The Morgan fingerprint density at radius 3 is 2.87 bits per heavy atom. The highest BCUT2D eigenvalue weighted by Gasteiger charge is 2.21. The summed E-state index contributed by atoms with van der Waals surface area (Å²) in [6.07, 6.45) is 3.77. The van der Waals surface area contributed by atoms with Crippen molar-refractivity contribution >= 4 is 0 Å². The minimum absolute atomic E-state index is 0.00490. The number of aryl methyl sites for hydroxylation is 1. The summed E-state index contributed by atoms with van der Waals surface area (Å²) >= 11 is 0. The number of nitrogens with zero attached hydrogens (tertiary/aromatic N) is 1. The molecule has 15 heavy (non-hydrogen) atoms. The van der Waals surface area contributed by atoms with Gasteiger partial charge >= 0.3 is 0 Å². The summed E-state index contributed by atoms with van der Waals surface area (Å²) in [5, 5.41) is 0. The van der Waals surface area contributed by atoms with Crippen LogP contribution in [0.2, 0.25) is 0 Å². The molecule has 1 N–H and O–H groups in total. The SMILES string of the molecule is Cc1[nH]c(=O)ccc1[C@@H]1CCCCN1C. The normalized spacial score (nSPS) is 22.9. The van der Waals surface area contributed by atoms with Gasteiger partial charge in [-0.2, -0.15) is 0 Å². The highest BCUT2D eigenvalue weighted by atomic mass is 16.1. The molecule has 1 atom stereocenters. The number of rotatable bonds is 1. The van der Waals surface area contributed by atoms with Crippen molar-refractivity contribution < 1.29 is 0 Å². The lowest BCUT2D eigenvalue weighted by molar-refractivity contribution is 0.186. The van der Waals surface area contributed by atoms with Gasteiger partial charge in [0.25, 0.3) is 0 Å². The van der Waals surface area contributed by atoms with Crippen molar-refractivity contribution in [3.05, 3.63) is 33.7 Å². The number of aromatic amines is 1. The molecule has 1 aromatic heterocycles. The fourth-order valence-corrected chi connectivity index (χ4v) is 2.42. The van der Waals surface area contributed by atoms with E-state index in [1.807, 2.05) is 13.0 Å². The Kier molecular flexibility index (Phi) is 2.91. The van der Waals surface area contributed by atoms with E-state index >= 15 is 0 Å². The van der Waals surface area contributed by atoms with E-state index < -0.39 is 0 Å². The molecule has 0 spiro atoms. The number of nitrogens with one attached hydrogen (secondary N) is 1. The average molecular weight is 206 g/mol. The zero-order valence-corrected chi connectivity index (χ0v) is 9.42. The van der Waals surface area contributed by atoms with Crippen molar-refractivity contribution in [1.29, 1.82) is 0 Å². The predicted octanol–water partition coefficient (Wildman–Crippen LogP) is 1.84. The van der Waals surface area contributed by atoms with Crippen LogP contribution in [-0.4, -0.2) is 23.5 Å². The third-order valence-corrected chi connectivity index (χ3v) is 3.29. The predicted molar refractivity (Wildman–Crippen MR) is 61.0 cm³/mol. The van der Waals surface area contributed by atoms with Gasteiger partial charge < -0.3 is 4.98 Å². The Morgan fingerprint density at radius 2 is 2.20 bits per heavy atom. The van der Waals surface area contributed by atoms with E-state index in [-0.39, 0.29) is 5.56 Å². The molecule has 2 rings (SSSR count). The van der Waals surface area contributed by atoms with Crippen LogP contribution in [0.15, 0.2) is 16.9 Å². The monoisotopic (exact) mass is 206 g/mol. The van der Waals surface area contributed by atoms with Gasteiger partial charge in [-0.1, -0.05) is 12.5 Å². The van der Waals surface area contributed by atoms with Crippen molar-refractivity contribution in [3.8, 4) is 0 Å². The molecule has 2 heterocycles. The molecule has 0 radical (unpaired) electrons. The minimum atomic E-state index is -0.00490. The summed E-state index contributed by atoms with van der Waals surface area (Å²) in [5.41, 5.74) is 2.28. The summed E-state index contributed by atoms with van der Waals surface area (Å²) in [5.74, 6) is 0. The van der Waals surface area contributed by atoms with E-state index in [4.69, 9.17) is 0 Å². The van der Waals surface area contributed by atoms with Crippen molar-refractivity contribution in [2.24, 2.45) is 0 Å². The average Bonchev–Trinajstić information content (AvgIpc) is 2.20. The molecule has 82 valence electrons. The van der Waals surface area contributed by atoms with Gasteiger partial charge in [-0.05, 0) is 38.9 Å². The molecule has 0 aromatic carbocycles. The van der Waals surface area contributed by atoms with Crippen molar-refractivity contribution in [2.75, 3.05) is 13.6 Å². The molecule has 1 aliphatic heterocycles. The number of aromatic nitrogens is 1. The molecule has 0 aliphatic carbocycles. The maximum absolute atomic E-state index is 11.1. The zero-order chi connectivity index (χ0) is 10.8. The van der Waals surface area contributed by atoms with E-state index in [1.54, 1.807) is 6.07 Å². The summed E-state index contributed by atoms with van der Waals surface area (Å²) in [6, 6.07) is 4.08. The molecule has 3 nitrogen and oxygen atoms in total. The lowest BCUT2D eigenvalue weighted by atomic mass is 9.95. The Balaban J connectivity index is 2.31. The highest BCUT2D eigenvalue weighted by Crippen LogP contribution is 2.29. The van der Waals surface area contributed by atoms with Crippen LogP contribution in [0.1, 0.15) is 36.6 Å². The zero-order valence-electron chi connectivity index (χ0n) is 9.42. The van der Waals surface area contributed by atoms with Gasteiger partial charge in [0.1, 0.15) is 0 Å². The number of hydrogen-bond acceptors (Lipinski definition) is 2. The van der Waals surface area contributed by atoms with Crippen LogP contribution < -0.4 is 5.56 Å². The van der Waals surface area contributed by atoms with E-state index in [0.29, 0.717) is 6.04 Å². The lowest BCUT2D eigenvalue weighted by Crippen LogP contribution is -2.30. The van der Waals surface area contributed by atoms with Gasteiger partial charge in [0.2, 0.25) is 5.56 Å². The molecule has 0 saturated carbocycles. The molecule has 3 heteroatoms. The van der Waals surface area contributed by atoms with Crippen LogP contribution in [0, 0.1) is 6.92 Å². The van der Waals surface area contributed by atoms with Gasteiger partial charge in [0.15, 0.2) is 0 Å². The first-order chi connectivity index (χ1) is 7.18. The van der Waals surface area contributed by atoms with E-state index in [9.17, 15) is 4.79 Å². The summed E-state index contributed by atoms with van der Waals surface area (Å²) in [4.78, 5) is 16.4. The van der Waals surface area contributed by atoms with Gasteiger partial charge in [-0.3, -0.25) is 9.69 Å². The van der Waals surface area contributed by atoms with Gasteiger partial charge in [-0.15, -0.1) is 0 Å². The summed E-state index contributed by atoms with van der Waals surface area (Å²) in [6.45, 7) is 3.14. The van der Waals surface area contributed by atoms with E-state index in [0.717, 1.165) is 12.2 Å². The Hall–Kier alpha value is -1.09. The summed E-state index contributed by atoms with van der Waals surface area (Å²) in [7, 11) is 2.16. The Morgan fingerprint density at radius 1 is 1.40 bits per heavy atom. The van der Waals surface area contributed by atoms with Crippen molar-refractivity contribution in [2.45, 2.75) is 32.2 Å².